The van der Waals surface area contributed by atoms with E-state index in [1.54, 1.807) is 0 Å². The molecule has 3 rings (SSSR count). The highest BCUT2D eigenvalue weighted by atomic mass is 79.9. The third-order valence-corrected chi connectivity index (χ3v) is 3.42. The van der Waals surface area contributed by atoms with E-state index in [0.717, 1.165) is 16.8 Å². The number of fused-ring (bicyclic) bond motifs is 1. The first-order valence-electron chi connectivity index (χ1n) is 2.75. The van der Waals surface area contributed by atoms with Gasteiger partial charge in [-0.25, -0.2) is 0 Å². The second-order valence-electron chi connectivity index (χ2n) is 2.45. The van der Waals surface area contributed by atoms with Gasteiger partial charge in [0.15, 0.2) is 0 Å². The van der Waals surface area contributed by atoms with E-state index in [2.05, 4.69) is 21.2 Å². The van der Waals surface area contributed by atoms with Gasteiger partial charge in [-0.3, -0.25) is 0 Å². The molecule has 0 amide bonds. The molecule has 2 saturated heterocycles. The molecule has 7 heavy (non-hydrogen) atoms. The Morgan fingerprint density at radius 3 is 2.57 bits per heavy atom. The average Bonchev–Trinajstić information content (AvgIpc) is 2.18. The zero-order valence-corrected chi connectivity index (χ0v) is 5.61. The summed E-state index contributed by atoms with van der Waals surface area (Å²) in [4.78, 5) is 0.812. The third kappa shape index (κ3) is 0.417. The van der Waals surface area contributed by atoms with Crippen molar-refractivity contribution in [3.63, 3.8) is 0 Å². The number of hydrogen-bond donors (Lipinski definition) is 1. The van der Waals surface area contributed by atoms with Crippen LogP contribution in [0.1, 0.15) is 6.42 Å². The molecule has 0 radical (unpaired) electrons. The molecule has 3 atom stereocenters. The van der Waals surface area contributed by atoms with Gasteiger partial charge < -0.3 is 5.32 Å². The molecule has 0 spiro atoms. The minimum atomic E-state index is 0.812. The van der Waals surface area contributed by atoms with Crippen LogP contribution in [0.4, 0.5) is 0 Å². The van der Waals surface area contributed by atoms with Gasteiger partial charge in [0.1, 0.15) is 0 Å². The maximum Gasteiger partial charge on any atom is 0.0340 e. The Kier molecular flexibility index (Phi) is 0.762. The van der Waals surface area contributed by atoms with Crippen molar-refractivity contribution < 1.29 is 0 Å². The Labute approximate surface area is 51.6 Å². The lowest BCUT2D eigenvalue weighted by molar-refractivity contribution is 0.396. The number of hydrogen-bond acceptors (Lipinski definition) is 1. The minimum Gasteiger partial charge on any atom is -0.313 e. The van der Waals surface area contributed by atoms with Gasteiger partial charge in [0.05, 0.1) is 0 Å². The highest BCUT2D eigenvalue weighted by Crippen LogP contribution is 2.39. The third-order valence-electron chi connectivity index (χ3n) is 2.03. The van der Waals surface area contributed by atoms with Gasteiger partial charge in [0, 0.05) is 10.9 Å². The molecule has 3 unspecified atom stereocenters. The Morgan fingerprint density at radius 2 is 2.43 bits per heavy atom. The largest absolute Gasteiger partial charge is 0.313 e. The molecule has 3 aliphatic rings. The smallest absolute Gasteiger partial charge is 0.0340 e. The summed E-state index contributed by atoms with van der Waals surface area (Å²) in [6, 6.07) is 0.824. The van der Waals surface area contributed by atoms with Crippen LogP contribution in [0.5, 0.6) is 0 Å². The summed E-state index contributed by atoms with van der Waals surface area (Å²) >= 11 is 3.59. The zero-order valence-electron chi connectivity index (χ0n) is 4.02. The Hall–Kier alpha value is 0.440. The molecule has 1 aliphatic carbocycles. The highest BCUT2D eigenvalue weighted by Gasteiger charge is 2.44. The van der Waals surface area contributed by atoms with Crippen LogP contribution in [-0.4, -0.2) is 17.4 Å². The van der Waals surface area contributed by atoms with Crippen molar-refractivity contribution in [1.82, 2.24) is 5.32 Å². The van der Waals surface area contributed by atoms with E-state index in [0.29, 0.717) is 0 Å². The highest BCUT2D eigenvalue weighted by molar-refractivity contribution is 9.09. The summed E-state index contributed by atoms with van der Waals surface area (Å²) < 4.78 is 0. The summed E-state index contributed by atoms with van der Waals surface area (Å²) in [7, 11) is 0. The van der Waals surface area contributed by atoms with Crippen LogP contribution < -0.4 is 5.32 Å². The Morgan fingerprint density at radius 1 is 1.57 bits per heavy atom. The van der Waals surface area contributed by atoms with E-state index in [1.807, 2.05) is 0 Å². The van der Waals surface area contributed by atoms with Gasteiger partial charge in [-0.15, -0.1) is 0 Å². The molecule has 1 N–H and O–H groups in total. The monoisotopic (exact) mass is 161 g/mol. The topological polar surface area (TPSA) is 12.0 Å². The van der Waals surface area contributed by atoms with Crippen molar-refractivity contribution in [3.05, 3.63) is 0 Å². The van der Waals surface area contributed by atoms with Crippen LogP contribution in [0.2, 0.25) is 0 Å². The van der Waals surface area contributed by atoms with E-state index in [1.165, 1.54) is 13.0 Å². The second kappa shape index (κ2) is 1.23. The molecule has 0 aromatic rings. The molecule has 2 aliphatic heterocycles. The van der Waals surface area contributed by atoms with E-state index in [9.17, 15) is 0 Å². The van der Waals surface area contributed by atoms with Crippen molar-refractivity contribution >= 4 is 15.9 Å². The average molecular weight is 162 g/mol. The maximum atomic E-state index is 3.59. The first-order chi connectivity index (χ1) is 3.38. The van der Waals surface area contributed by atoms with Crippen LogP contribution in [0.3, 0.4) is 0 Å². The molecule has 2 heterocycles. The van der Waals surface area contributed by atoms with Gasteiger partial charge in [-0.05, 0) is 18.9 Å². The van der Waals surface area contributed by atoms with Gasteiger partial charge >= 0.3 is 0 Å². The molecule has 40 valence electrons. The molecule has 3 fully saturated rings. The van der Waals surface area contributed by atoms with E-state index < -0.39 is 0 Å². The molecule has 1 nitrogen and oxygen atoms in total. The SMILES string of the molecule is BrC1C2CNC1C2. The lowest BCUT2D eigenvalue weighted by Crippen LogP contribution is -2.37. The molecule has 2 bridgehead atoms. The van der Waals surface area contributed by atoms with Crippen LogP contribution in [0, 0.1) is 5.92 Å². The zero-order chi connectivity index (χ0) is 4.85. The van der Waals surface area contributed by atoms with E-state index in [4.69, 9.17) is 0 Å². The van der Waals surface area contributed by atoms with Crippen molar-refractivity contribution in [3.8, 4) is 0 Å². The molecular formula is C5H8BrN. The predicted molar refractivity (Wildman–Crippen MR) is 32.6 cm³/mol. The number of rotatable bonds is 0. The standard InChI is InChI=1S/C5H8BrN/c6-5-3-1-4(5)7-2-3/h3-5,7H,1-2H2. The summed E-state index contributed by atoms with van der Waals surface area (Å²) in [5.74, 6) is 0.963. The lowest BCUT2D eigenvalue weighted by atomic mass is 9.86. The van der Waals surface area contributed by atoms with Crippen molar-refractivity contribution in [2.24, 2.45) is 5.92 Å². The summed E-state index contributed by atoms with van der Waals surface area (Å²) in [6.07, 6.45) is 1.41. The van der Waals surface area contributed by atoms with Crippen LogP contribution in [0.15, 0.2) is 0 Å². The van der Waals surface area contributed by atoms with E-state index in [-0.39, 0.29) is 0 Å². The van der Waals surface area contributed by atoms with Gasteiger partial charge in [0.2, 0.25) is 0 Å². The first kappa shape index (κ1) is 4.33. The molecular weight excluding hydrogens is 154 g/mol. The normalized spacial score (nSPS) is 57.0. The fraction of sp³-hybridized carbons (Fsp3) is 1.00. The maximum absolute atomic E-state index is 3.59. The Balaban J connectivity index is 2.14. The molecule has 0 aromatic heterocycles. The fourth-order valence-corrected chi connectivity index (χ4v) is 2.22. The molecule has 1 saturated carbocycles. The molecule has 2 heteroatoms. The predicted octanol–water partition coefficient (Wildman–Crippen LogP) is 0.742. The van der Waals surface area contributed by atoms with Crippen LogP contribution in [-0.2, 0) is 0 Å². The van der Waals surface area contributed by atoms with Gasteiger partial charge in [-0.1, -0.05) is 15.9 Å². The van der Waals surface area contributed by atoms with Gasteiger partial charge in [-0.2, -0.15) is 0 Å². The molecule has 0 aromatic carbocycles. The van der Waals surface area contributed by atoms with E-state index >= 15 is 0 Å². The van der Waals surface area contributed by atoms with Crippen molar-refractivity contribution in [1.29, 1.82) is 0 Å². The van der Waals surface area contributed by atoms with Crippen LogP contribution in [0.25, 0.3) is 0 Å². The van der Waals surface area contributed by atoms with Gasteiger partial charge in [0.25, 0.3) is 0 Å². The summed E-state index contributed by atoms with van der Waals surface area (Å²) in [5, 5.41) is 3.40. The second-order valence-corrected chi connectivity index (χ2v) is 3.51. The fourth-order valence-electron chi connectivity index (χ4n) is 1.41. The number of alkyl halides is 1. The number of halogens is 1. The minimum absolute atomic E-state index is 0.812. The first-order valence-corrected chi connectivity index (χ1v) is 3.67. The van der Waals surface area contributed by atoms with Crippen molar-refractivity contribution in [2.45, 2.75) is 17.3 Å². The summed E-state index contributed by atoms with van der Waals surface area (Å²) in [6.45, 7) is 1.25. The van der Waals surface area contributed by atoms with Crippen molar-refractivity contribution in [2.75, 3.05) is 6.54 Å². The quantitative estimate of drug-likeness (QED) is 0.518. The lowest BCUT2D eigenvalue weighted by Gasteiger charge is -2.28. The Bertz CT molecular complexity index is 80.1. The number of nitrogens with one attached hydrogen (secondary N) is 1. The van der Waals surface area contributed by atoms with Crippen LogP contribution >= 0.6 is 15.9 Å². The summed E-state index contributed by atoms with van der Waals surface area (Å²) in [5.41, 5.74) is 0.